The van der Waals surface area contributed by atoms with Gasteiger partial charge >= 0.3 is 0 Å². The van der Waals surface area contributed by atoms with Gasteiger partial charge in [0.2, 0.25) is 5.90 Å². The number of nitrogens with two attached hydrogens (primary N) is 1. The Hall–Kier alpha value is -2.43. The number of aliphatic imine (C=N–C) groups is 1. The molecule has 2 aromatic rings. The monoisotopic (exact) mass is 417 g/mol. The highest BCUT2D eigenvalue weighted by atomic mass is 16.6. The molecule has 2 N–H and O–H groups in total. The van der Waals surface area contributed by atoms with Crippen molar-refractivity contribution < 1.29 is 4.84 Å². The van der Waals surface area contributed by atoms with Crippen LogP contribution in [0.15, 0.2) is 54.0 Å². The van der Waals surface area contributed by atoms with Crippen molar-refractivity contribution in [2.45, 2.75) is 52.5 Å². The maximum absolute atomic E-state index is 5.56. The molecule has 0 aromatic heterocycles. The van der Waals surface area contributed by atoms with E-state index in [-0.39, 0.29) is 0 Å². The van der Waals surface area contributed by atoms with E-state index in [4.69, 9.17) is 10.7 Å². The molecule has 4 rings (SSSR count). The standard InChI is InChI=1S/C27H35N3O/c1-18(2)15-21-5-7-22(8-6-21)27(31-28)29-20(4)23-9-11-25-24(16-23)10-12-26(25)30-14-13-19(3)17-30/h5-9,11,16,18-19,26H,4,10,12-15,17,28H2,1-3H3/t19-,26?/m1/s1. The molecule has 0 radical (unpaired) electrons. The van der Waals surface area contributed by atoms with Gasteiger partial charge in [0.25, 0.3) is 0 Å². The Kier molecular flexibility index (Phi) is 6.59. The van der Waals surface area contributed by atoms with Crippen molar-refractivity contribution in [3.63, 3.8) is 0 Å². The van der Waals surface area contributed by atoms with Crippen molar-refractivity contribution in [3.8, 4) is 0 Å². The van der Waals surface area contributed by atoms with Crippen LogP contribution in [0.25, 0.3) is 5.70 Å². The molecule has 31 heavy (non-hydrogen) atoms. The Balaban J connectivity index is 1.50. The van der Waals surface area contributed by atoms with E-state index >= 15 is 0 Å². The van der Waals surface area contributed by atoms with Crippen LogP contribution in [-0.4, -0.2) is 23.9 Å². The molecule has 0 amide bonds. The molecule has 164 valence electrons. The smallest absolute Gasteiger partial charge is 0.245 e. The second-order valence-corrected chi connectivity index (χ2v) is 9.63. The number of hydrogen-bond acceptors (Lipinski definition) is 4. The normalized spacial score (nSPS) is 21.5. The lowest BCUT2D eigenvalue weighted by molar-refractivity contribution is 0.238. The van der Waals surface area contributed by atoms with E-state index in [1.54, 1.807) is 0 Å². The van der Waals surface area contributed by atoms with E-state index in [9.17, 15) is 0 Å². The van der Waals surface area contributed by atoms with Gasteiger partial charge in [0.1, 0.15) is 0 Å². The minimum absolute atomic E-state index is 0.394. The summed E-state index contributed by atoms with van der Waals surface area (Å²) in [6.07, 6.45) is 4.69. The summed E-state index contributed by atoms with van der Waals surface area (Å²) < 4.78 is 0. The number of aryl methyl sites for hydroxylation is 1. The van der Waals surface area contributed by atoms with Crippen molar-refractivity contribution in [2.24, 2.45) is 22.7 Å². The van der Waals surface area contributed by atoms with Gasteiger partial charge in [-0.1, -0.05) is 51.6 Å². The predicted octanol–water partition coefficient (Wildman–Crippen LogP) is 5.52. The molecule has 1 fully saturated rings. The zero-order chi connectivity index (χ0) is 22.0. The third kappa shape index (κ3) is 4.91. The first kappa shape index (κ1) is 21.8. The molecule has 0 saturated carbocycles. The van der Waals surface area contributed by atoms with Crippen LogP contribution in [-0.2, 0) is 17.7 Å². The zero-order valence-electron chi connectivity index (χ0n) is 19.1. The van der Waals surface area contributed by atoms with Crippen molar-refractivity contribution in [1.29, 1.82) is 0 Å². The fourth-order valence-corrected chi connectivity index (χ4v) is 5.01. The summed E-state index contributed by atoms with van der Waals surface area (Å²) in [7, 11) is 0. The molecule has 2 aromatic carbocycles. The third-order valence-electron chi connectivity index (χ3n) is 6.61. The van der Waals surface area contributed by atoms with E-state index in [1.165, 1.54) is 42.6 Å². The largest absolute Gasteiger partial charge is 0.391 e. The van der Waals surface area contributed by atoms with Crippen molar-refractivity contribution >= 4 is 11.6 Å². The van der Waals surface area contributed by atoms with E-state index in [2.05, 4.69) is 67.6 Å². The summed E-state index contributed by atoms with van der Waals surface area (Å²) in [6.45, 7) is 13.4. The summed E-state index contributed by atoms with van der Waals surface area (Å²) in [5, 5.41) is 0. The van der Waals surface area contributed by atoms with E-state index in [0.717, 1.165) is 29.9 Å². The van der Waals surface area contributed by atoms with Crippen LogP contribution in [0.3, 0.4) is 0 Å². The molecule has 1 aliphatic heterocycles. The van der Waals surface area contributed by atoms with Gasteiger partial charge in [0.15, 0.2) is 0 Å². The Bertz CT molecular complexity index is 961. The molecule has 1 aliphatic carbocycles. The quantitative estimate of drug-likeness (QED) is 0.382. The van der Waals surface area contributed by atoms with Gasteiger partial charge in [-0.25, -0.2) is 4.99 Å². The van der Waals surface area contributed by atoms with E-state index in [0.29, 0.717) is 23.6 Å². The molecule has 0 spiro atoms. The third-order valence-corrected chi connectivity index (χ3v) is 6.61. The van der Waals surface area contributed by atoms with Crippen LogP contribution in [0.5, 0.6) is 0 Å². The van der Waals surface area contributed by atoms with Crippen molar-refractivity contribution in [3.05, 3.63) is 76.9 Å². The van der Waals surface area contributed by atoms with Crippen LogP contribution in [0, 0.1) is 11.8 Å². The molecular formula is C27H35N3O. The molecular weight excluding hydrogens is 382 g/mol. The molecule has 4 heteroatoms. The Morgan fingerprint density at radius 2 is 1.90 bits per heavy atom. The first-order valence-corrected chi connectivity index (χ1v) is 11.6. The molecule has 2 aliphatic rings. The van der Waals surface area contributed by atoms with Gasteiger partial charge in [-0.2, -0.15) is 5.90 Å². The highest BCUT2D eigenvalue weighted by molar-refractivity contribution is 5.97. The predicted molar refractivity (Wildman–Crippen MR) is 129 cm³/mol. The first-order valence-electron chi connectivity index (χ1n) is 11.6. The average Bonchev–Trinajstić information content (AvgIpc) is 3.37. The summed E-state index contributed by atoms with van der Waals surface area (Å²) in [6, 6.07) is 15.5. The maximum atomic E-state index is 5.56. The number of benzene rings is 2. The fraction of sp³-hybridized carbons (Fsp3) is 0.444. The maximum Gasteiger partial charge on any atom is 0.245 e. The van der Waals surface area contributed by atoms with Gasteiger partial charge in [-0.3, -0.25) is 4.90 Å². The summed E-state index contributed by atoms with van der Waals surface area (Å²) in [5.74, 6) is 7.39. The molecule has 1 heterocycles. The minimum Gasteiger partial charge on any atom is -0.391 e. The lowest BCUT2D eigenvalue weighted by Crippen LogP contribution is -2.24. The summed E-state index contributed by atoms with van der Waals surface area (Å²) >= 11 is 0. The van der Waals surface area contributed by atoms with Crippen molar-refractivity contribution in [2.75, 3.05) is 13.1 Å². The van der Waals surface area contributed by atoms with Crippen LogP contribution in [0.2, 0.25) is 0 Å². The van der Waals surface area contributed by atoms with Gasteiger partial charge in [0, 0.05) is 18.2 Å². The topological polar surface area (TPSA) is 50.9 Å². The summed E-state index contributed by atoms with van der Waals surface area (Å²) in [4.78, 5) is 12.4. The van der Waals surface area contributed by atoms with Crippen LogP contribution in [0.4, 0.5) is 0 Å². The highest BCUT2D eigenvalue weighted by Crippen LogP contribution is 2.39. The number of fused-ring (bicyclic) bond motifs is 1. The second-order valence-electron chi connectivity index (χ2n) is 9.63. The van der Waals surface area contributed by atoms with Crippen molar-refractivity contribution in [1.82, 2.24) is 4.90 Å². The van der Waals surface area contributed by atoms with Gasteiger partial charge in [-0.05, 0) is 84.5 Å². The Morgan fingerprint density at radius 3 is 2.55 bits per heavy atom. The SMILES string of the molecule is C=C(N=C(ON)c1ccc(CC(C)C)cc1)c1ccc2c(c1)CCC2N1CC[C@@H](C)C1. The lowest BCUT2D eigenvalue weighted by atomic mass is 10.0. The lowest BCUT2D eigenvalue weighted by Gasteiger charge is -2.24. The van der Waals surface area contributed by atoms with Gasteiger partial charge in [-0.15, -0.1) is 0 Å². The highest BCUT2D eigenvalue weighted by Gasteiger charge is 2.31. The molecule has 0 bridgehead atoms. The van der Waals surface area contributed by atoms with Gasteiger partial charge < -0.3 is 4.84 Å². The molecule has 1 unspecified atom stereocenters. The minimum atomic E-state index is 0.394. The number of nitrogens with zero attached hydrogens (tertiary/aromatic N) is 2. The fourth-order valence-electron chi connectivity index (χ4n) is 5.01. The van der Waals surface area contributed by atoms with E-state index < -0.39 is 0 Å². The van der Waals surface area contributed by atoms with E-state index in [1.807, 2.05) is 12.1 Å². The van der Waals surface area contributed by atoms with Crippen LogP contribution in [0.1, 0.15) is 67.5 Å². The molecule has 2 atom stereocenters. The number of rotatable bonds is 6. The first-order chi connectivity index (χ1) is 14.9. The Morgan fingerprint density at radius 1 is 1.16 bits per heavy atom. The van der Waals surface area contributed by atoms with Crippen LogP contribution >= 0.6 is 0 Å². The van der Waals surface area contributed by atoms with Gasteiger partial charge in [0.05, 0.1) is 5.70 Å². The zero-order valence-corrected chi connectivity index (χ0v) is 19.1. The second kappa shape index (κ2) is 9.37. The summed E-state index contributed by atoms with van der Waals surface area (Å²) in [5.41, 5.74) is 6.76. The number of likely N-dealkylation sites (tertiary alicyclic amines) is 1. The number of hydrogen-bond donors (Lipinski definition) is 1. The molecule has 1 saturated heterocycles. The Labute approximate surface area is 186 Å². The average molecular weight is 418 g/mol. The van der Waals surface area contributed by atoms with Crippen LogP contribution < -0.4 is 5.90 Å². The molecule has 4 nitrogen and oxygen atoms in total.